The van der Waals surface area contributed by atoms with E-state index in [1.165, 1.54) is 0 Å². The first kappa shape index (κ1) is 22.7. The van der Waals surface area contributed by atoms with Crippen molar-refractivity contribution in [2.75, 3.05) is 10.6 Å². The maximum absolute atomic E-state index is 12.9. The van der Waals surface area contributed by atoms with Crippen LogP contribution >= 0.6 is 0 Å². The molecule has 0 radical (unpaired) electrons. The van der Waals surface area contributed by atoms with Gasteiger partial charge in [0, 0.05) is 11.4 Å². The number of nitrogens with zero attached hydrogens (tertiary/aromatic N) is 1. The standard InChI is InChI=1S/C31H23N3O2/c35-30(32-26-16-7-14-24(20-26)22-10-3-1-4-11-22)28-18-9-19-29(34-28)31(36)33-27-17-8-15-25(21-27)23-12-5-2-6-13-23/h1-21H,(H,32,35)(H,33,36). The minimum atomic E-state index is -0.388. The normalized spacial score (nSPS) is 10.4. The van der Waals surface area contributed by atoms with Crippen molar-refractivity contribution in [3.05, 3.63) is 139 Å². The molecule has 2 N–H and O–H groups in total. The summed E-state index contributed by atoms with van der Waals surface area (Å²) in [6.45, 7) is 0. The van der Waals surface area contributed by atoms with Crippen molar-refractivity contribution in [3.8, 4) is 22.3 Å². The summed E-state index contributed by atoms with van der Waals surface area (Å²) < 4.78 is 0. The van der Waals surface area contributed by atoms with Crippen LogP contribution in [0.1, 0.15) is 21.0 Å². The lowest BCUT2D eigenvalue weighted by Crippen LogP contribution is -2.18. The van der Waals surface area contributed by atoms with Gasteiger partial charge in [0.2, 0.25) is 0 Å². The van der Waals surface area contributed by atoms with E-state index in [0.717, 1.165) is 22.3 Å². The molecule has 4 aromatic carbocycles. The molecule has 0 aliphatic heterocycles. The van der Waals surface area contributed by atoms with Gasteiger partial charge in [-0.15, -0.1) is 0 Å². The first-order chi connectivity index (χ1) is 17.7. The number of rotatable bonds is 6. The Morgan fingerprint density at radius 3 is 1.28 bits per heavy atom. The first-order valence-corrected chi connectivity index (χ1v) is 11.6. The number of carbonyl (C=O) groups is 2. The third-order valence-electron chi connectivity index (χ3n) is 5.67. The molecule has 2 amide bonds. The lowest BCUT2D eigenvalue weighted by Gasteiger charge is -2.10. The zero-order valence-corrected chi connectivity index (χ0v) is 19.4. The molecule has 5 nitrogen and oxygen atoms in total. The molecule has 5 heteroatoms. The van der Waals surface area contributed by atoms with E-state index in [4.69, 9.17) is 0 Å². The molecular weight excluding hydrogens is 446 g/mol. The second-order valence-electron chi connectivity index (χ2n) is 8.21. The highest BCUT2D eigenvalue weighted by atomic mass is 16.2. The summed E-state index contributed by atoms with van der Waals surface area (Å²) in [6.07, 6.45) is 0. The number of benzene rings is 4. The monoisotopic (exact) mass is 469 g/mol. The molecule has 0 spiro atoms. The third kappa shape index (κ3) is 5.37. The molecule has 0 unspecified atom stereocenters. The van der Waals surface area contributed by atoms with Gasteiger partial charge in [-0.2, -0.15) is 0 Å². The van der Waals surface area contributed by atoms with Crippen molar-refractivity contribution in [2.45, 2.75) is 0 Å². The van der Waals surface area contributed by atoms with Crippen molar-refractivity contribution < 1.29 is 9.59 Å². The first-order valence-electron chi connectivity index (χ1n) is 11.6. The Hall–Kier alpha value is -5.03. The number of aromatic nitrogens is 1. The van der Waals surface area contributed by atoms with Gasteiger partial charge >= 0.3 is 0 Å². The Morgan fingerprint density at radius 2 is 0.833 bits per heavy atom. The minimum Gasteiger partial charge on any atom is -0.321 e. The number of nitrogens with one attached hydrogen (secondary N) is 2. The fourth-order valence-corrected chi connectivity index (χ4v) is 3.89. The van der Waals surface area contributed by atoms with Crippen LogP contribution in [0.5, 0.6) is 0 Å². The van der Waals surface area contributed by atoms with Gasteiger partial charge in [0.25, 0.3) is 11.8 Å². The van der Waals surface area contributed by atoms with Crippen molar-refractivity contribution in [2.24, 2.45) is 0 Å². The number of amides is 2. The van der Waals surface area contributed by atoms with Crippen LogP contribution in [0.15, 0.2) is 127 Å². The summed E-state index contributed by atoms with van der Waals surface area (Å²) in [4.78, 5) is 30.1. The summed E-state index contributed by atoms with van der Waals surface area (Å²) in [5.74, 6) is -0.776. The molecule has 36 heavy (non-hydrogen) atoms. The Kier molecular flexibility index (Phi) is 6.63. The quantitative estimate of drug-likeness (QED) is 0.284. The summed E-state index contributed by atoms with van der Waals surface area (Å²) in [7, 11) is 0. The van der Waals surface area contributed by atoms with Gasteiger partial charge in [-0.1, -0.05) is 91.0 Å². The second kappa shape index (κ2) is 10.5. The number of anilines is 2. The Labute approximate surface area is 209 Å². The van der Waals surface area contributed by atoms with Crippen LogP contribution in [0.4, 0.5) is 11.4 Å². The minimum absolute atomic E-state index is 0.158. The largest absolute Gasteiger partial charge is 0.321 e. The maximum Gasteiger partial charge on any atom is 0.274 e. The molecular formula is C31H23N3O2. The van der Waals surface area contributed by atoms with Crippen LogP contribution in [0, 0.1) is 0 Å². The average molecular weight is 470 g/mol. The van der Waals surface area contributed by atoms with E-state index in [2.05, 4.69) is 15.6 Å². The van der Waals surface area contributed by atoms with Gasteiger partial charge in [-0.25, -0.2) is 4.98 Å². The predicted molar refractivity (Wildman–Crippen MR) is 144 cm³/mol. The highest BCUT2D eigenvalue weighted by molar-refractivity contribution is 6.06. The van der Waals surface area contributed by atoms with E-state index in [-0.39, 0.29) is 23.2 Å². The molecule has 0 fully saturated rings. The topological polar surface area (TPSA) is 71.1 Å². The number of pyridine rings is 1. The third-order valence-corrected chi connectivity index (χ3v) is 5.67. The van der Waals surface area contributed by atoms with Crippen molar-refractivity contribution >= 4 is 23.2 Å². The predicted octanol–water partition coefficient (Wildman–Crippen LogP) is 6.92. The van der Waals surface area contributed by atoms with E-state index in [1.807, 2.05) is 109 Å². The number of hydrogen-bond acceptors (Lipinski definition) is 3. The molecule has 5 rings (SSSR count). The van der Waals surface area contributed by atoms with Crippen LogP contribution in [0.3, 0.4) is 0 Å². The molecule has 0 aliphatic carbocycles. The maximum atomic E-state index is 12.9. The lowest BCUT2D eigenvalue weighted by molar-refractivity contribution is 0.101. The van der Waals surface area contributed by atoms with Gasteiger partial charge < -0.3 is 10.6 Å². The van der Waals surface area contributed by atoms with Gasteiger partial charge in [-0.3, -0.25) is 9.59 Å². The van der Waals surface area contributed by atoms with Gasteiger partial charge in [0.05, 0.1) is 0 Å². The number of carbonyl (C=O) groups excluding carboxylic acids is 2. The average Bonchev–Trinajstić information content (AvgIpc) is 2.94. The van der Waals surface area contributed by atoms with Crippen LogP contribution in [0.25, 0.3) is 22.3 Å². The summed E-state index contributed by atoms with van der Waals surface area (Å²) in [5.41, 5.74) is 5.71. The second-order valence-corrected chi connectivity index (χ2v) is 8.21. The van der Waals surface area contributed by atoms with Gasteiger partial charge in [-0.05, 0) is 58.7 Å². The van der Waals surface area contributed by atoms with E-state index in [0.29, 0.717) is 11.4 Å². The van der Waals surface area contributed by atoms with E-state index >= 15 is 0 Å². The molecule has 0 saturated heterocycles. The Balaban J connectivity index is 1.30. The molecule has 0 atom stereocenters. The van der Waals surface area contributed by atoms with Crippen LogP contribution in [-0.2, 0) is 0 Å². The van der Waals surface area contributed by atoms with Crippen molar-refractivity contribution in [1.29, 1.82) is 0 Å². The highest BCUT2D eigenvalue weighted by Gasteiger charge is 2.14. The van der Waals surface area contributed by atoms with Crippen LogP contribution in [-0.4, -0.2) is 16.8 Å². The van der Waals surface area contributed by atoms with Crippen LogP contribution in [0.2, 0.25) is 0 Å². The van der Waals surface area contributed by atoms with Crippen molar-refractivity contribution in [3.63, 3.8) is 0 Å². The molecule has 0 aliphatic rings. The molecule has 1 heterocycles. The van der Waals surface area contributed by atoms with Crippen molar-refractivity contribution in [1.82, 2.24) is 4.98 Å². The summed E-state index contributed by atoms with van der Waals surface area (Å²) >= 11 is 0. The molecule has 0 saturated carbocycles. The SMILES string of the molecule is O=C(Nc1cccc(-c2ccccc2)c1)c1cccc(C(=O)Nc2cccc(-c3ccccc3)c2)n1. The molecule has 0 bridgehead atoms. The zero-order valence-electron chi connectivity index (χ0n) is 19.4. The van der Waals surface area contributed by atoms with E-state index < -0.39 is 0 Å². The fourth-order valence-electron chi connectivity index (χ4n) is 3.89. The van der Waals surface area contributed by atoms with E-state index in [1.54, 1.807) is 18.2 Å². The molecule has 174 valence electrons. The molecule has 5 aromatic rings. The Bertz CT molecular complexity index is 1400. The lowest BCUT2D eigenvalue weighted by atomic mass is 10.1. The van der Waals surface area contributed by atoms with E-state index in [9.17, 15) is 9.59 Å². The fraction of sp³-hybridized carbons (Fsp3) is 0. The van der Waals surface area contributed by atoms with Gasteiger partial charge in [0.1, 0.15) is 11.4 Å². The molecule has 1 aromatic heterocycles. The zero-order chi connectivity index (χ0) is 24.7. The Morgan fingerprint density at radius 1 is 0.444 bits per heavy atom. The smallest absolute Gasteiger partial charge is 0.274 e. The van der Waals surface area contributed by atoms with Crippen LogP contribution < -0.4 is 10.6 Å². The summed E-state index contributed by atoms with van der Waals surface area (Å²) in [5, 5.41) is 5.75. The number of hydrogen-bond donors (Lipinski definition) is 2. The van der Waals surface area contributed by atoms with Gasteiger partial charge in [0.15, 0.2) is 0 Å². The summed E-state index contributed by atoms with van der Waals surface area (Å²) in [6, 6.07) is 39.9. The highest BCUT2D eigenvalue weighted by Crippen LogP contribution is 2.24.